The van der Waals surface area contributed by atoms with Crippen molar-refractivity contribution in [3.05, 3.63) is 0 Å². The van der Waals surface area contributed by atoms with Gasteiger partial charge in [0.1, 0.15) is 0 Å². The number of aliphatic hydroxyl groups is 1. The summed E-state index contributed by atoms with van der Waals surface area (Å²) in [7, 11) is 0. The van der Waals surface area contributed by atoms with Crippen LogP contribution in [0.2, 0.25) is 0 Å². The van der Waals surface area contributed by atoms with Crippen molar-refractivity contribution < 1.29 is 9.90 Å². The van der Waals surface area contributed by atoms with Crippen LogP contribution < -0.4 is 16.0 Å². The van der Waals surface area contributed by atoms with Crippen LogP contribution >= 0.6 is 24.0 Å². The Hall–Kier alpha value is -0.570. The summed E-state index contributed by atoms with van der Waals surface area (Å²) in [6.45, 7) is 5.17. The van der Waals surface area contributed by atoms with Crippen LogP contribution in [0.3, 0.4) is 0 Å². The Bertz CT molecular complexity index is 456. The number of nitrogens with one attached hydrogen (secondary N) is 3. The molecule has 0 radical (unpaired) electrons. The molecule has 2 fully saturated rings. The summed E-state index contributed by atoms with van der Waals surface area (Å²) >= 11 is 0. The molecule has 0 aromatic rings. The summed E-state index contributed by atoms with van der Waals surface area (Å²) in [4.78, 5) is 16.8. The topological polar surface area (TPSA) is 85.8 Å². The van der Waals surface area contributed by atoms with Gasteiger partial charge < -0.3 is 21.1 Å². The SMILES string of the molecule is CCNC(=NCC1(CCO)CCCCC1)NCCNC(=O)CC1CCCC1.I. The van der Waals surface area contributed by atoms with E-state index in [-0.39, 0.29) is 41.9 Å². The molecule has 0 bridgehead atoms. The number of carbonyl (C=O) groups is 1. The minimum Gasteiger partial charge on any atom is -0.396 e. The number of halogens is 1. The lowest BCUT2D eigenvalue weighted by Crippen LogP contribution is -2.42. The standard InChI is InChI=1S/C21H40N4O2.HI/c1-2-22-20(25-17-21(12-15-26)10-6-3-7-11-21)24-14-13-23-19(27)16-18-8-4-5-9-18;/h18,26H,2-17H2,1H3,(H,23,27)(H2,22,24,25);1H. The van der Waals surface area contributed by atoms with Gasteiger partial charge in [0.15, 0.2) is 5.96 Å². The van der Waals surface area contributed by atoms with Gasteiger partial charge in [0.2, 0.25) is 5.91 Å². The van der Waals surface area contributed by atoms with Crippen molar-refractivity contribution >= 4 is 35.8 Å². The minimum absolute atomic E-state index is 0. The molecule has 2 rings (SSSR count). The van der Waals surface area contributed by atoms with Crippen molar-refractivity contribution in [2.24, 2.45) is 16.3 Å². The molecule has 0 heterocycles. The molecule has 0 aromatic heterocycles. The molecule has 1 amide bonds. The van der Waals surface area contributed by atoms with E-state index in [2.05, 4.69) is 22.9 Å². The lowest BCUT2D eigenvalue weighted by Gasteiger charge is -2.35. The highest BCUT2D eigenvalue weighted by Gasteiger charge is 2.31. The molecule has 2 aliphatic carbocycles. The molecule has 28 heavy (non-hydrogen) atoms. The van der Waals surface area contributed by atoms with Crippen LogP contribution in [0.25, 0.3) is 0 Å². The quantitative estimate of drug-likeness (QED) is 0.158. The fourth-order valence-electron chi connectivity index (χ4n) is 4.55. The summed E-state index contributed by atoms with van der Waals surface area (Å²) in [5.41, 5.74) is 0.158. The third-order valence-electron chi connectivity index (χ3n) is 6.16. The largest absolute Gasteiger partial charge is 0.396 e. The van der Waals surface area contributed by atoms with Crippen LogP contribution in [0.4, 0.5) is 0 Å². The molecule has 164 valence electrons. The van der Waals surface area contributed by atoms with Gasteiger partial charge in [-0.3, -0.25) is 9.79 Å². The monoisotopic (exact) mass is 508 g/mol. The molecule has 0 aromatic carbocycles. The van der Waals surface area contributed by atoms with E-state index in [1.54, 1.807) is 0 Å². The maximum atomic E-state index is 12.0. The first-order valence-corrected chi connectivity index (χ1v) is 11.1. The highest BCUT2D eigenvalue weighted by Crippen LogP contribution is 2.39. The van der Waals surface area contributed by atoms with Crippen molar-refractivity contribution in [3.8, 4) is 0 Å². The number of rotatable bonds is 10. The van der Waals surface area contributed by atoms with E-state index in [9.17, 15) is 9.90 Å². The van der Waals surface area contributed by atoms with E-state index in [0.29, 0.717) is 25.4 Å². The average Bonchev–Trinajstić information content (AvgIpc) is 3.17. The molecule has 0 saturated heterocycles. The zero-order valence-electron chi connectivity index (χ0n) is 17.6. The summed E-state index contributed by atoms with van der Waals surface area (Å²) in [5.74, 6) is 1.58. The smallest absolute Gasteiger partial charge is 0.220 e. The Morgan fingerprint density at radius 3 is 2.36 bits per heavy atom. The number of hydrogen-bond acceptors (Lipinski definition) is 3. The first-order valence-electron chi connectivity index (χ1n) is 11.1. The lowest BCUT2D eigenvalue weighted by molar-refractivity contribution is -0.121. The number of nitrogens with zero attached hydrogens (tertiary/aromatic N) is 1. The maximum Gasteiger partial charge on any atom is 0.220 e. The van der Waals surface area contributed by atoms with Gasteiger partial charge in [0, 0.05) is 39.2 Å². The Morgan fingerprint density at radius 2 is 1.71 bits per heavy atom. The summed E-state index contributed by atoms with van der Waals surface area (Å²) < 4.78 is 0. The molecule has 0 spiro atoms. The fourth-order valence-corrected chi connectivity index (χ4v) is 4.55. The lowest BCUT2D eigenvalue weighted by atomic mass is 9.72. The van der Waals surface area contributed by atoms with Crippen molar-refractivity contribution in [2.45, 2.75) is 77.6 Å². The molecule has 0 unspecified atom stereocenters. The Morgan fingerprint density at radius 1 is 1.04 bits per heavy atom. The normalized spacial score (nSPS) is 19.7. The Labute approximate surface area is 188 Å². The van der Waals surface area contributed by atoms with E-state index in [1.165, 1.54) is 44.9 Å². The van der Waals surface area contributed by atoms with Crippen molar-refractivity contribution in [3.63, 3.8) is 0 Å². The Balaban J connectivity index is 0.00000392. The summed E-state index contributed by atoms with van der Waals surface area (Å²) in [6, 6.07) is 0. The van der Waals surface area contributed by atoms with Crippen LogP contribution in [0.15, 0.2) is 4.99 Å². The van der Waals surface area contributed by atoms with E-state index in [4.69, 9.17) is 4.99 Å². The predicted molar refractivity (Wildman–Crippen MR) is 126 cm³/mol. The van der Waals surface area contributed by atoms with Gasteiger partial charge in [-0.05, 0) is 50.4 Å². The van der Waals surface area contributed by atoms with Gasteiger partial charge in [-0.25, -0.2) is 0 Å². The van der Waals surface area contributed by atoms with E-state index >= 15 is 0 Å². The molecule has 7 heteroatoms. The van der Waals surface area contributed by atoms with E-state index < -0.39 is 0 Å². The number of hydrogen-bond donors (Lipinski definition) is 4. The molecular weight excluding hydrogens is 467 g/mol. The number of carbonyl (C=O) groups excluding carboxylic acids is 1. The third kappa shape index (κ3) is 9.29. The van der Waals surface area contributed by atoms with Gasteiger partial charge in [0.05, 0.1) is 0 Å². The van der Waals surface area contributed by atoms with Gasteiger partial charge in [-0.2, -0.15) is 0 Å². The molecule has 0 atom stereocenters. The van der Waals surface area contributed by atoms with Crippen molar-refractivity contribution in [2.75, 3.05) is 32.8 Å². The molecule has 2 aliphatic rings. The zero-order valence-corrected chi connectivity index (χ0v) is 19.9. The van der Waals surface area contributed by atoms with Gasteiger partial charge in [0.25, 0.3) is 0 Å². The van der Waals surface area contributed by atoms with Gasteiger partial charge >= 0.3 is 0 Å². The highest BCUT2D eigenvalue weighted by atomic mass is 127. The van der Waals surface area contributed by atoms with Crippen LogP contribution in [-0.2, 0) is 4.79 Å². The van der Waals surface area contributed by atoms with E-state index in [0.717, 1.165) is 38.3 Å². The number of amides is 1. The van der Waals surface area contributed by atoms with Crippen LogP contribution in [0.1, 0.15) is 77.6 Å². The average molecular weight is 508 g/mol. The molecule has 6 nitrogen and oxygen atoms in total. The number of aliphatic imine (C=N–C) groups is 1. The first-order chi connectivity index (χ1) is 13.2. The fraction of sp³-hybridized carbons (Fsp3) is 0.905. The Kier molecular flexibility index (Phi) is 13.1. The summed E-state index contributed by atoms with van der Waals surface area (Å²) in [5, 5.41) is 19.1. The van der Waals surface area contributed by atoms with E-state index in [1.807, 2.05) is 0 Å². The highest BCUT2D eigenvalue weighted by molar-refractivity contribution is 14.0. The number of guanidine groups is 1. The van der Waals surface area contributed by atoms with Gasteiger partial charge in [-0.1, -0.05) is 32.1 Å². The van der Waals surface area contributed by atoms with Crippen LogP contribution in [-0.4, -0.2) is 49.8 Å². The second-order valence-electron chi connectivity index (χ2n) is 8.36. The molecule has 4 N–H and O–H groups in total. The molecular formula is C21H41IN4O2. The van der Waals surface area contributed by atoms with Crippen LogP contribution in [0.5, 0.6) is 0 Å². The molecule has 2 saturated carbocycles. The second kappa shape index (κ2) is 14.4. The predicted octanol–water partition coefficient (Wildman–Crippen LogP) is 3.19. The summed E-state index contributed by atoms with van der Waals surface area (Å²) in [6.07, 6.45) is 12.6. The third-order valence-corrected chi connectivity index (χ3v) is 6.16. The van der Waals surface area contributed by atoms with Crippen molar-refractivity contribution in [1.82, 2.24) is 16.0 Å². The van der Waals surface area contributed by atoms with Crippen molar-refractivity contribution in [1.29, 1.82) is 0 Å². The first kappa shape index (κ1) is 25.5. The number of aliphatic hydroxyl groups excluding tert-OH is 1. The minimum atomic E-state index is 0. The zero-order chi connectivity index (χ0) is 19.4. The van der Waals surface area contributed by atoms with Crippen LogP contribution in [0, 0.1) is 11.3 Å². The molecule has 0 aliphatic heterocycles. The maximum absolute atomic E-state index is 12.0. The van der Waals surface area contributed by atoms with Gasteiger partial charge in [-0.15, -0.1) is 24.0 Å². The second-order valence-corrected chi connectivity index (χ2v) is 8.36.